The largest absolute Gasteiger partial charge is 0.354 e. The molecule has 2 aliphatic heterocycles. The lowest BCUT2D eigenvalue weighted by molar-refractivity contribution is 0.0666. The standard InChI is InChI=1S/C30H33N9O/c1-35-7-11-37(12-8-35)28-4-3-22(17-31-28)23-15-24-25(19-33-29(24)32-18-23)21-5-6-39-27(16-21)26(20-34-39)30(40)38-13-9-36(2)10-14-38/h3-6,15-20H,7-14H2,1-2H3,(H,32,33). The van der Waals surface area contributed by atoms with Crippen LogP contribution in [-0.2, 0) is 0 Å². The van der Waals surface area contributed by atoms with Gasteiger partial charge in [-0.15, -0.1) is 0 Å². The number of amides is 1. The molecule has 10 nitrogen and oxygen atoms in total. The molecule has 1 amide bonds. The number of aromatic amines is 1. The molecule has 0 unspecified atom stereocenters. The highest BCUT2D eigenvalue weighted by molar-refractivity contribution is 6.02. The number of fused-ring (bicyclic) bond motifs is 2. The predicted molar refractivity (Wildman–Crippen MR) is 157 cm³/mol. The van der Waals surface area contributed by atoms with Crippen molar-refractivity contribution in [2.75, 3.05) is 71.4 Å². The van der Waals surface area contributed by atoms with Crippen LogP contribution in [0.4, 0.5) is 5.82 Å². The molecule has 7 heterocycles. The number of pyridine rings is 3. The molecule has 7 rings (SSSR count). The lowest BCUT2D eigenvalue weighted by Crippen LogP contribution is -2.47. The Bertz CT molecular complexity index is 1670. The quantitative estimate of drug-likeness (QED) is 0.378. The number of hydrogen-bond donors (Lipinski definition) is 1. The third-order valence-electron chi connectivity index (χ3n) is 8.29. The third-order valence-corrected chi connectivity index (χ3v) is 8.29. The fourth-order valence-corrected chi connectivity index (χ4v) is 5.67. The van der Waals surface area contributed by atoms with Gasteiger partial charge >= 0.3 is 0 Å². The molecule has 0 radical (unpaired) electrons. The second-order valence-electron chi connectivity index (χ2n) is 10.9. The summed E-state index contributed by atoms with van der Waals surface area (Å²) in [7, 11) is 4.25. The second-order valence-corrected chi connectivity index (χ2v) is 10.9. The highest BCUT2D eigenvalue weighted by Gasteiger charge is 2.23. The summed E-state index contributed by atoms with van der Waals surface area (Å²) in [4.78, 5) is 35.0. The zero-order valence-corrected chi connectivity index (χ0v) is 22.9. The van der Waals surface area contributed by atoms with Crippen molar-refractivity contribution in [3.05, 3.63) is 66.9 Å². The van der Waals surface area contributed by atoms with Gasteiger partial charge in [-0.25, -0.2) is 14.5 Å². The number of hydrogen-bond acceptors (Lipinski definition) is 7. The number of aromatic nitrogens is 5. The smallest absolute Gasteiger partial charge is 0.257 e. The summed E-state index contributed by atoms with van der Waals surface area (Å²) in [5.74, 6) is 1.06. The molecule has 0 saturated carbocycles. The van der Waals surface area contributed by atoms with E-state index >= 15 is 0 Å². The summed E-state index contributed by atoms with van der Waals surface area (Å²) < 4.78 is 1.78. The number of nitrogens with one attached hydrogen (secondary N) is 1. The predicted octanol–water partition coefficient (Wildman–Crippen LogP) is 3.08. The van der Waals surface area contributed by atoms with Crippen molar-refractivity contribution < 1.29 is 4.79 Å². The summed E-state index contributed by atoms with van der Waals surface area (Å²) >= 11 is 0. The molecule has 2 fully saturated rings. The molecule has 2 saturated heterocycles. The van der Waals surface area contributed by atoms with E-state index in [4.69, 9.17) is 9.97 Å². The Labute approximate surface area is 232 Å². The van der Waals surface area contributed by atoms with Crippen LogP contribution in [0.15, 0.2) is 61.3 Å². The van der Waals surface area contributed by atoms with Gasteiger partial charge in [0.25, 0.3) is 5.91 Å². The highest BCUT2D eigenvalue weighted by atomic mass is 16.2. The van der Waals surface area contributed by atoms with Crippen molar-refractivity contribution in [3.63, 3.8) is 0 Å². The van der Waals surface area contributed by atoms with Crippen LogP contribution in [-0.4, -0.2) is 112 Å². The van der Waals surface area contributed by atoms with E-state index in [9.17, 15) is 4.79 Å². The van der Waals surface area contributed by atoms with Gasteiger partial charge in [-0.1, -0.05) is 0 Å². The van der Waals surface area contributed by atoms with Gasteiger partial charge in [-0.2, -0.15) is 5.10 Å². The van der Waals surface area contributed by atoms with E-state index < -0.39 is 0 Å². The first-order valence-electron chi connectivity index (χ1n) is 13.9. The number of carbonyl (C=O) groups is 1. The van der Waals surface area contributed by atoms with Crippen LogP contribution in [0.1, 0.15) is 10.4 Å². The molecular formula is C30H33N9O. The number of rotatable bonds is 4. The van der Waals surface area contributed by atoms with E-state index in [-0.39, 0.29) is 5.91 Å². The van der Waals surface area contributed by atoms with Crippen LogP contribution < -0.4 is 4.90 Å². The molecule has 5 aromatic rings. The summed E-state index contributed by atoms with van der Waals surface area (Å²) in [5.41, 5.74) is 6.36. The summed E-state index contributed by atoms with van der Waals surface area (Å²) in [6.07, 6.45) is 9.43. The first-order valence-corrected chi connectivity index (χ1v) is 13.9. The summed E-state index contributed by atoms with van der Waals surface area (Å²) in [6.45, 7) is 7.32. The van der Waals surface area contributed by atoms with E-state index in [1.54, 1.807) is 10.7 Å². The van der Waals surface area contributed by atoms with Crippen molar-refractivity contribution in [2.45, 2.75) is 0 Å². The topological polar surface area (TPSA) is 88.9 Å². The normalized spacial score (nSPS) is 17.2. The molecule has 1 N–H and O–H groups in total. The number of H-pyrrole nitrogens is 1. The Hall–Kier alpha value is -4.28. The maximum Gasteiger partial charge on any atom is 0.257 e. The van der Waals surface area contributed by atoms with Crippen LogP contribution in [0.3, 0.4) is 0 Å². The van der Waals surface area contributed by atoms with Gasteiger partial charge in [0.15, 0.2) is 0 Å². The maximum absolute atomic E-state index is 13.4. The van der Waals surface area contributed by atoms with Crippen molar-refractivity contribution in [2.24, 2.45) is 0 Å². The zero-order valence-electron chi connectivity index (χ0n) is 22.9. The summed E-state index contributed by atoms with van der Waals surface area (Å²) in [6, 6.07) is 10.5. The SMILES string of the molecule is CN1CCN(C(=O)c2cnn3ccc(-c4c[nH]c5ncc(-c6ccc(N7CCN(C)CC7)nc6)cc45)cc23)CC1. The van der Waals surface area contributed by atoms with Gasteiger partial charge in [0.05, 0.1) is 17.3 Å². The van der Waals surface area contributed by atoms with Gasteiger partial charge in [0.2, 0.25) is 0 Å². The third kappa shape index (κ3) is 4.48. The second kappa shape index (κ2) is 10.0. The molecule has 40 heavy (non-hydrogen) atoms. The fourth-order valence-electron chi connectivity index (χ4n) is 5.67. The zero-order chi connectivity index (χ0) is 27.2. The van der Waals surface area contributed by atoms with Gasteiger partial charge in [-0.3, -0.25) is 4.79 Å². The Morgan fingerprint density at radius 3 is 2.30 bits per heavy atom. The fraction of sp³-hybridized carbons (Fsp3) is 0.333. The van der Waals surface area contributed by atoms with Crippen molar-refractivity contribution in [3.8, 4) is 22.3 Å². The molecular weight excluding hydrogens is 502 g/mol. The minimum atomic E-state index is 0.0376. The summed E-state index contributed by atoms with van der Waals surface area (Å²) in [5, 5.41) is 5.48. The lowest BCUT2D eigenvalue weighted by Gasteiger charge is -2.33. The van der Waals surface area contributed by atoms with Crippen LogP contribution in [0.2, 0.25) is 0 Å². The molecule has 5 aromatic heterocycles. The van der Waals surface area contributed by atoms with Crippen LogP contribution in [0.5, 0.6) is 0 Å². The molecule has 2 aliphatic rings. The Balaban J connectivity index is 1.19. The molecule has 0 bridgehead atoms. The van der Waals surface area contributed by atoms with E-state index in [1.165, 1.54) is 0 Å². The average molecular weight is 536 g/mol. The average Bonchev–Trinajstić information content (AvgIpc) is 3.61. The van der Waals surface area contributed by atoms with E-state index in [0.29, 0.717) is 5.56 Å². The number of likely N-dealkylation sites (N-methyl/N-ethyl adjacent to an activating group) is 2. The van der Waals surface area contributed by atoms with Crippen molar-refractivity contribution >= 4 is 28.3 Å². The first kappa shape index (κ1) is 24.7. The van der Waals surface area contributed by atoms with E-state index in [0.717, 1.165) is 97.0 Å². The molecule has 0 aliphatic carbocycles. The van der Waals surface area contributed by atoms with Gasteiger partial charge in [-0.05, 0) is 50.0 Å². The molecule has 204 valence electrons. The molecule has 0 spiro atoms. The Morgan fingerprint density at radius 1 is 0.800 bits per heavy atom. The van der Waals surface area contributed by atoms with Gasteiger partial charge in [0.1, 0.15) is 11.5 Å². The number of nitrogens with zero attached hydrogens (tertiary/aromatic N) is 8. The minimum Gasteiger partial charge on any atom is -0.354 e. The number of anilines is 1. The van der Waals surface area contributed by atoms with Gasteiger partial charge in [0, 0.05) is 99.2 Å². The van der Waals surface area contributed by atoms with Crippen molar-refractivity contribution in [1.29, 1.82) is 0 Å². The molecule has 0 atom stereocenters. The van der Waals surface area contributed by atoms with Crippen molar-refractivity contribution in [1.82, 2.24) is 39.3 Å². The Kier molecular flexibility index (Phi) is 6.21. The van der Waals surface area contributed by atoms with Crippen LogP contribution in [0.25, 0.3) is 38.8 Å². The van der Waals surface area contributed by atoms with Gasteiger partial charge < -0.3 is 24.6 Å². The van der Waals surface area contributed by atoms with E-state index in [2.05, 4.69) is 63.1 Å². The monoisotopic (exact) mass is 535 g/mol. The first-order chi connectivity index (χ1) is 19.5. The number of carbonyl (C=O) groups excluding carboxylic acids is 1. The molecule has 10 heteroatoms. The van der Waals surface area contributed by atoms with E-state index in [1.807, 2.05) is 35.8 Å². The van der Waals surface area contributed by atoms with Crippen LogP contribution in [0, 0.1) is 0 Å². The Morgan fingerprint density at radius 2 is 1.55 bits per heavy atom. The molecule has 0 aromatic carbocycles. The maximum atomic E-state index is 13.4. The highest BCUT2D eigenvalue weighted by Crippen LogP contribution is 2.32. The number of piperazine rings is 2. The minimum absolute atomic E-state index is 0.0376. The van der Waals surface area contributed by atoms with Crippen LogP contribution >= 0.6 is 0 Å². The lowest BCUT2D eigenvalue weighted by atomic mass is 10.0.